The molecule has 0 aliphatic rings. The summed E-state index contributed by atoms with van der Waals surface area (Å²) in [6, 6.07) is 66.3. The van der Waals surface area contributed by atoms with Gasteiger partial charge in [-0.2, -0.15) is 0 Å². The molecule has 0 atom stereocenters. The Labute approximate surface area is 312 Å². The summed E-state index contributed by atoms with van der Waals surface area (Å²) < 4.78 is 0. The smallest absolute Gasteiger partial charge is 0.160 e. The summed E-state index contributed by atoms with van der Waals surface area (Å²) >= 11 is 0. The third-order valence-corrected chi connectivity index (χ3v) is 11.1. The minimum absolute atomic E-state index is 0.733. The van der Waals surface area contributed by atoms with Crippen molar-refractivity contribution in [3.8, 4) is 44.8 Å². The van der Waals surface area contributed by atoms with Crippen molar-refractivity contribution in [3.05, 3.63) is 194 Å². The Morgan fingerprint density at radius 3 is 1.33 bits per heavy atom. The Morgan fingerprint density at radius 1 is 0.241 bits per heavy atom. The van der Waals surface area contributed by atoms with Crippen molar-refractivity contribution in [3.63, 3.8) is 0 Å². The van der Waals surface area contributed by atoms with Gasteiger partial charge in [-0.05, 0) is 128 Å². The van der Waals surface area contributed by atoms with Gasteiger partial charge in [-0.3, -0.25) is 0 Å². The van der Waals surface area contributed by atoms with Crippen LogP contribution in [0.4, 0.5) is 0 Å². The zero-order chi connectivity index (χ0) is 35.6. The number of hydrogen-bond donors (Lipinski definition) is 0. The Hall–Kier alpha value is -7.16. The van der Waals surface area contributed by atoms with Gasteiger partial charge in [0, 0.05) is 18.0 Å². The highest BCUT2D eigenvalue weighted by Gasteiger charge is 2.19. The maximum absolute atomic E-state index is 4.76. The molecule has 1 heterocycles. The zero-order valence-corrected chi connectivity index (χ0v) is 29.4. The molecule has 54 heavy (non-hydrogen) atoms. The molecule has 250 valence electrons. The number of fused-ring (bicyclic) bond motifs is 9. The minimum atomic E-state index is 0.733. The lowest BCUT2D eigenvalue weighted by Crippen LogP contribution is -1.94. The van der Waals surface area contributed by atoms with Gasteiger partial charge >= 0.3 is 0 Å². The maximum Gasteiger partial charge on any atom is 0.160 e. The van der Waals surface area contributed by atoms with Gasteiger partial charge in [-0.1, -0.05) is 152 Å². The fourth-order valence-electron chi connectivity index (χ4n) is 8.64. The minimum Gasteiger partial charge on any atom is -0.237 e. The normalized spacial score (nSPS) is 11.7. The first-order chi connectivity index (χ1) is 26.8. The van der Waals surface area contributed by atoms with Crippen LogP contribution >= 0.6 is 0 Å². The zero-order valence-electron chi connectivity index (χ0n) is 29.4. The van der Waals surface area contributed by atoms with E-state index in [0.29, 0.717) is 0 Å². The van der Waals surface area contributed by atoms with Crippen LogP contribution in [0, 0.1) is 0 Å². The largest absolute Gasteiger partial charge is 0.237 e. The third kappa shape index (κ3) is 4.81. The molecule has 2 heteroatoms. The van der Waals surface area contributed by atoms with E-state index in [9.17, 15) is 0 Å². The fraction of sp³-hybridized carbons (Fsp3) is 0. The highest BCUT2D eigenvalue weighted by Crippen LogP contribution is 2.45. The van der Waals surface area contributed by atoms with Crippen LogP contribution < -0.4 is 0 Å². The molecular formula is C52H32N2. The summed E-state index contributed by atoms with van der Waals surface area (Å²) in [4.78, 5) is 9.52. The first kappa shape index (κ1) is 30.5. The monoisotopic (exact) mass is 684 g/mol. The first-order valence-corrected chi connectivity index (χ1v) is 18.5. The number of aromatic nitrogens is 2. The molecule has 0 saturated carbocycles. The van der Waals surface area contributed by atoms with E-state index in [-0.39, 0.29) is 0 Å². The van der Waals surface area contributed by atoms with Crippen LogP contribution in [0.25, 0.3) is 109 Å². The van der Waals surface area contributed by atoms with E-state index in [1.807, 2.05) is 18.5 Å². The predicted molar refractivity (Wildman–Crippen MR) is 229 cm³/mol. The number of rotatable bonds is 4. The van der Waals surface area contributed by atoms with Gasteiger partial charge in [0.1, 0.15) is 0 Å². The van der Waals surface area contributed by atoms with Crippen LogP contribution in [0.3, 0.4) is 0 Å². The van der Waals surface area contributed by atoms with Crippen LogP contribution in [0.2, 0.25) is 0 Å². The SMILES string of the molecule is c1ccc(-c2ccc3c(-c4ccc5cc(-c6ccc7c8ccccc8c8ccccc8c7c6)ccc5c4)c4ccccc4c(-c4ncccn4)c3c2)cc1. The lowest BCUT2D eigenvalue weighted by molar-refractivity contribution is 1.18. The Morgan fingerprint density at radius 2 is 0.667 bits per heavy atom. The predicted octanol–water partition coefficient (Wildman–Crippen LogP) is 14.1. The molecule has 0 spiro atoms. The molecule has 11 aromatic rings. The topological polar surface area (TPSA) is 25.8 Å². The molecule has 0 amide bonds. The van der Waals surface area contributed by atoms with Gasteiger partial charge in [0.25, 0.3) is 0 Å². The van der Waals surface area contributed by atoms with Crippen LogP contribution in [0.5, 0.6) is 0 Å². The van der Waals surface area contributed by atoms with Crippen molar-refractivity contribution in [2.75, 3.05) is 0 Å². The first-order valence-electron chi connectivity index (χ1n) is 18.5. The lowest BCUT2D eigenvalue weighted by atomic mass is 9.86. The molecule has 1 aromatic heterocycles. The van der Waals surface area contributed by atoms with Crippen LogP contribution in [0.15, 0.2) is 194 Å². The van der Waals surface area contributed by atoms with E-state index in [1.54, 1.807) is 0 Å². The van der Waals surface area contributed by atoms with E-state index >= 15 is 0 Å². The van der Waals surface area contributed by atoms with Gasteiger partial charge in [-0.15, -0.1) is 0 Å². The summed E-state index contributed by atoms with van der Waals surface area (Å²) in [5.74, 6) is 0.733. The second-order valence-electron chi connectivity index (χ2n) is 14.1. The molecule has 0 unspecified atom stereocenters. The second-order valence-corrected chi connectivity index (χ2v) is 14.1. The van der Waals surface area contributed by atoms with Crippen LogP contribution in [0.1, 0.15) is 0 Å². The summed E-state index contributed by atoms with van der Waals surface area (Å²) in [6.45, 7) is 0. The lowest BCUT2D eigenvalue weighted by Gasteiger charge is -2.18. The molecule has 2 nitrogen and oxygen atoms in total. The quantitative estimate of drug-likeness (QED) is 0.136. The van der Waals surface area contributed by atoms with Gasteiger partial charge in [0.05, 0.1) is 0 Å². The highest BCUT2D eigenvalue weighted by molar-refractivity contribution is 6.26. The molecule has 0 saturated heterocycles. The van der Waals surface area contributed by atoms with Gasteiger partial charge in [0.15, 0.2) is 5.82 Å². The summed E-state index contributed by atoms with van der Waals surface area (Å²) in [5.41, 5.74) is 8.26. The van der Waals surface area contributed by atoms with Crippen molar-refractivity contribution in [1.82, 2.24) is 9.97 Å². The Bertz CT molecular complexity index is 3220. The van der Waals surface area contributed by atoms with Crippen molar-refractivity contribution in [1.29, 1.82) is 0 Å². The third-order valence-electron chi connectivity index (χ3n) is 11.1. The van der Waals surface area contributed by atoms with Crippen molar-refractivity contribution >= 4 is 64.6 Å². The number of hydrogen-bond acceptors (Lipinski definition) is 2. The summed E-state index contributed by atoms with van der Waals surface area (Å²) in [7, 11) is 0. The summed E-state index contributed by atoms with van der Waals surface area (Å²) in [5, 5.41) is 14.8. The molecular weight excluding hydrogens is 653 g/mol. The average Bonchev–Trinajstić information content (AvgIpc) is 3.25. The second kappa shape index (κ2) is 12.2. The van der Waals surface area contributed by atoms with E-state index in [1.165, 1.54) is 87.2 Å². The summed E-state index contributed by atoms with van der Waals surface area (Å²) in [6.07, 6.45) is 3.66. The highest BCUT2D eigenvalue weighted by atomic mass is 14.9. The molecule has 10 aromatic carbocycles. The molecule has 0 N–H and O–H groups in total. The molecule has 0 radical (unpaired) electrons. The Kier molecular flexibility index (Phi) is 6.90. The van der Waals surface area contributed by atoms with Crippen molar-refractivity contribution in [2.24, 2.45) is 0 Å². The Balaban J connectivity index is 1.09. The van der Waals surface area contributed by atoms with E-state index in [0.717, 1.165) is 22.2 Å². The maximum atomic E-state index is 4.76. The van der Waals surface area contributed by atoms with E-state index in [4.69, 9.17) is 9.97 Å². The number of nitrogens with zero attached hydrogens (tertiary/aromatic N) is 2. The van der Waals surface area contributed by atoms with E-state index < -0.39 is 0 Å². The molecule has 0 aliphatic heterocycles. The molecule has 0 aliphatic carbocycles. The van der Waals surface area contributed by atoms with Gasteiger partial charge in [-0.25, -0.2) is 9.97 Å². The van der Waals surface area contributed by atoms with Crippen molar-refractivity contribution in [2.45, 2.75) is 0 Å². The van der Waals surface area contributed by atoms with Gasteiger partial charge < -0.3 is 0 Å². The van der Waals surface area contributed by atoms with Crippen LogP contribution in [-0.4, -0.2) is 9.97 Å². The van der Waals surface area contributed by atoms with Crippen molar-refractivity contribution < 1.29 is 0 Å². The average molecular weight is 685 g/mol. The number of benzene rings is 10. The van der Waals surface area contributed by atoms with E-state index in [2.05, 4.69) is 176 Å². The molecule has 0 fully saturated rings. The molecule has 11 rings (SSSR count). The van der Waals surface area contributed by atoms with Gasteiger partial charge in [0.2, 0.25) is 0 Å². The molecule has 0 bridgehead atoms. The standard InChI is InChI=1S/C52H32N2/c1-2-11-33(12-3-1)37-24-26-47-49(32-37)51(52-53-27-10-28-54-52)46-18-9-8-17-45(46)50(47)39-22-21-34-29-35(19-20-36(34)30-39)38-23-25-44-42-15-5-4-13-40(42)41-14-6-7-16-43(41)48(44)31-38/h1-32H. The van der Waals surface area contributed by atoms with Crippen LogP contribution in [-0.2, 0) is 0 Å². The fourth-order valence-corrected chi connectivity index (χ4v) is 8.64.